The molecule has 0 atom stereocenters. The molecule has 8 heteroatoms. The molecule has 0 saturated carbocycles. The van der Waals surface area contributed by atoms with E-state index in [0.29, 0.717) is 11.6 Å². The summed E-state index contributed by atoms with van der Waals surface area (Å²) in [7, 11) is 1.09. The molecule has 0 amide bonds. The van der Waals surface area contributed by atoms with Gasteiger partial charge in [-0.1, -0.05) is 26.0 Å². The van der Waals surface area contributed by atoms with Crippen LogP contribution in [0.3, 0.4) is 0 Å². The zero-order valence-electron chi connectivity index (χ0n) is 11.3. The highest BCUT2D eigenvalue weighted by molar-refractivity contribution is 8.13. The summed E-state index contributed by atoms with van der Waals surface area (Å²) in [5.74, 6) is -1.08. The molecule has 2 rings (SSSR count). The smallest absolute Gasteiger partial charge is 0.340 e. The summed E-state index contributed by atoms with van der Waals surface area (Å²) in [4.78, 5) is 11.1. The van der Waals surface area contributed by atoms with Gasteiger partial charge >= 0.3 is 5.97 Å². The van der Waals surface area contributed by atoms with Crippen molar-refractivity contribution in [1.82, 2.24) is 9.78 Å². The van der Waals surface area contributed by atoms with E-state index in [2.05, 4.69) is 5.10 Å². The van der Waals surface area contributed by atoms with E-state index in [1.165, 1.54) is 0 Å². The first-order valence-corrected chi connectivity index (χ1v) is 8.39. The minimum atomic E-state index is -4.25. The van der Waals surface area contributed by atoms with Gasteiger partial charge < -0.3 is 5.11 Å². The summed E-state index contributed by atoms with van der Waals surface area (Å²) in [5, 5.41) is 12.3. The predicted molar refractivity (Wildman–Crippen MR) is 77.7 cm³/mol. The molecule has 0 saturated heterocycles. The first-order valence-electron chi connectivity index (χ1n) is 6.08. The predicted octanol–water partition coefficient (Wildman–Crippen LogP) is 2.62. The molecule has 0 aliphatic heterocycles. The van der Waals surface area contributed by atoms with Crippen molar-refractivity contribution in [3.63, 3.8) is 0 Å². The summed E-state index contributed by atoms with van der Waals surface area (Å²) in [6, 6.07) is 6.98. The molecule has 21 heavy (non-hydrogen) atoms. The van der Waals surface area contributed by atoms with Gasteiger partial charge in [0.15, 0.2) is 5.03 Å². The number of carboxylic acids is 1. The van der Waals surface area contributed by atoms with Crippen molar-refractivity contribution in [3.05, 3.63) is 41.6 Å². The van der Waals surface area contributed by atoms with Gasteiger partial charge in [0, 0.05) is 10.7 Å². The monoisotopic (exact) mass is 328 g/mol. The van der Waals surface area contributed by atoms with Crippen LogP contribution >= 0.6 is 10.7 Å². The van der Waals surface area contributed by atoms with Crippen LogP contribution in [0.25, 0.3) is 5.69 Å². The normalized spacial score (nSPS) is 11.8. The molecule has 112 valence electrons. The van der Waals surface area contributed by atoms with E-state index < -0.39 is 25.6 Å². The second-order valence-corrected chi connectivity index (χ2v) is 7.25. The Bertz CT molecular complexity index is 779. The van der Waals surface area contributed by atoms with Gasteiger partial charge in [-0.05, 0) is 23.6 Å². The number of rotatable bonds is 4. The zero-order valence-corrected chi connectivity index (χ0v) is 12.9. The molecular weight excluding hydrogens is 316 g/mol. The first kappa shape index (κ1) is 15.5. The maximum Gasteiger partial charge on any atom is 0.340 e. The first-order chi connectivity index (χ1) is 9.71. The van der Waals surface area contributed by atoms with Gasteiger partial charge in [0.05, 0.1) is 11.9 Å². The number of benzene rings is 1. The van der Waals surface area contributed by atoms with Gasteiger partial charge in [0.1, 0.15) is 5.56 Å². The fourth-order valence-corrected chi connectivity index (χ4v) is 3.11. The Morgan fingerprint density at radius 1 is 1.29 bits per heavy atom. The number of hydrogen-bond donors (Lipinski definition) is 1. The number of carboxylic acid groups (broad SMARTS) is 1. The van der Waals surface area contributed by atoms with Crippen molar-refractivity contribution in [2.45, 2.75) is 24.8 Å². The Hall–Kier alpha value is -1.86. The summed E-state index contributed by atoms with van der Waals surface area (Å²) in [6.07, 6.45) is 0.966. The van der Waals surface area contributed by atoms with Crippen molar-refractivity contribution in [2.75, 3.05) is 0 Å². The molecule has 1 aromatic carbocycles. The van der Waals surface area contributed by atoms with Crippen LogP contribution in [-0.4, -0.2) is 29.3 Å². The summed E-state index contributed by atoms with van der Waals surface area (Å²) in [6.45, 7) is 4.06. The zero-order chi connectivity index (χ0) is 15.8. The number of hydrogen-bond acceptors (Lipinski definition) is 4. The minimum Gasteiger partial charge on any atom is -0.478 e. The minimum absolute atomic E-state index is 0.322. The molecule has 0 spiro atoms. The molecule has 0 bridgehead atoms. The Morgan fingerprint density at radius 3 is 2.29 bits per heavy atom. The highest BCUT2D eigenvalue weighted by Crippen LogP contribution is 2.24. The third-order valence-electron chi connectivity index (χ3n) is 2.99. The lowest BCUT2D eigenvalue weighted by atomic mass is 10.0. The van der Waals surface area contributed by atoms with Gasteiger partial charge in [0.25, 0.3) is 9.05 Å². The second kappa shape index (κ2) is 5.50. The van der Waals surface area contributed by atoms with Crippen LogP contribution in [0, 0.1) is 0 Å². The summed E-state index contributed by atoms with van der Waals surface area (Å²) < 4.78 is 24.3. The van der Waals surface area contributed by atoms with Crippen LogP contribution in [0.5, 0.6) is 0 Å². The molecule has 0 radical (unpaired) electrons. The highest BCUT2D eigenvalue weighted by Gasteiger charge is 2.27. The fraction of sp³-hybridized carbons (Fsp3) is 0.231. The molecule has 0 aliphatic carbocycles. The van der Waals surface area contributed by atoms with Crippen LogP contribution in [0.2, 0.25) is 0 Å². The molecule has 0 fully saturated rings. The van der Waals surface area contributed by atoms with Crippen LogP contribution in [0.4, 0.5) is 0 Å². The molecule has 0 unspecified atom stereocenters. The molecular formula is C13H13ClN2O4S. The lowest BCUT2D eigenvalue weighted by Gasteiger charge is -2.09. The quantitative estimate of drug-likeness (QED) is 0.871. The van der Waals surface area contributed by atoms with Gasteiger partial charge in [-0.3, -0.25) is 0 Å². The van der Waals surface area contributed by atoms with Crippen molar-refractivity contribution < 1.29 is 18.3 Å². The maximum absolute atomic E-state index is 11.6. The van der Waals surface area contributed by atoms with Gasteiger partial charge in [-0.15, -0.1) is 0 Å². The molecule has 1 N–H and O–H groups in total. The Morgan fingerprint density at radius 2 is 1.86 bits per heavy atom. The average molecular weight is 329 g/mol. The van der Waals surface area contributed by atoms with Gasteiger partial charge in [-0.25, -0.2) is 17.9 Å². The number of aromatic carboxylic acids is 1. The Balaban J connectivity index is 2.62. The topological polar surface area (TPSA) is 89.3 Å². The van der Waals surface area contributed by atoms with E-state index in [1.807, 2.05) is 26.0 Å². The van der Waals surface area contributed by atoms with Gasteiger partial charge in [-0.2, -0.15) is 5.10 Å². The third kappa shape index (κ3) is 3.08. The van der Waals surface area contributed by atoms with Crippen molar-refractivity contribution >= 4 is 25.7 Å². The Kier molecular flexibility index (Phi) is 4.06. The van der Waals surface area contributed by atoms with E-state index >= 15 is 0 Å². The van der Waals surface area contributed by atoms with E-state index in [0.717, 1.165) is 16.4 Å². The van der Waals surface area contributed by atoms with Crippen LogP contribution in [0.15, 0.2) is 35.5 Å². The number of aromatic nitrogens is 2. The maximum atomic E-state index is 11.6. The average Bonchev–Trinajstić information content (AvgIpc) is 2.83. The van der Waals surface area contributed by atoms with Crippen LogP contribution < -0.4 is 0 Å². The lowest BCUT2D eigenvalue weighted by Crippen LogP contribution is -2.09. The number of nitrogens with zero attached hydrogens (tertiary/aromatic N) is 2. The van der Waals surface area contributed by atoms with E-state index in [4.69, 9.17) is 15.8 Å². The largest absolute Gasteiger partial charge is 0.478 e. The van der Waals surface area contributed by atoms with E-state index in [9.17, 15) is 13.2 Å². The summed E-state index contributed by atoms with van der Waals surface area (Å²) >= 11 is 0. The SMILES string of the molecule is CC(C)c1ccc(-n2ncc(C(=O)O)c2S(=O)(=O)Cl)cc1. The number of halogens is 1. The third-order valence-corrected chi connectivity index (χ3v) is 4.28. The highest BCUT2D eigenvalue weighted by atomic mass is 35.7. The van der Waals surface area contributed by atoms with Crippen LogP contribution in [-0.2, 0) is 9.05 Å². The molecule has 1 aromatic heterocycles. The van der Waals surface area contributed by atoms with E-state index in [-0.39, 0.29) is 0 Å². The lowest BCUT2D eigenvalue weighted by molar-refractivity contribution is 0.0692. The molecule has 1 heterocycles. The second-order valence-electron chi connectivity index (χ2n) is 4.76. The number of carbonyl (C=O) groups is 1. The molecule has 2 aromatic rings. The van der Waals surface area contributed by atoms with Crippen molar-refractivity contribution in [2.24, 2.45) is 0 Å². The molecule has 6 nitrogen and oxygen atoms in total. The van der Waals surface area contributed by atoms with Gasteiger partial charge in [0.2, 0.25) is 0 Å². The fourth-order valence-electron chi connectivity index (χ4n) is 1.90. The summed E-state index contributed by atoms with van der Waals surface area (Å²) in [5.41, 5.74) is 1.03. The Labute approximate surface area is 126 Å². The van der Waals surface area contributed by atoms with Crippen molar-refractivity contribution in [1.29, 1.82) is 0 Å². The standard InChI is InChI=1S/C13H13ClN2O4S/c1-8(2)9-3-5-10(6-4-9)16-12(21(14,19)20)11(7-15-16)13(17)18/h3-8H,1-2H3,(H,17,18). The van der Waals surface area contributed by atoms with Crippen LogP contribution in [0.1, 0.15) is 35.7 Å². The van der Waals surface area contributed by atoms with Crippen molar-refractivity contribution in [3.8, 4) is 5.69 Å². The van der Waals surface area contributed by atoms with E-state index in [1.54, 1.807) is 12.1 Å². The molecule has 0 aliphatic rings.